The number of carbonyl (C=O) groups is 2. The SMILES string of the molecule is CC(=O)c1ccc(O[C@H](C)C(=O)Oc2ccc(Br)cc2Cl)cc1. The lowest BCUT2D eigenvalue weighted by Gasteiger charge is -2.14. The molecule has 0 aliphatic heterocycles. The van der Waals surface area contributed by atoms with Gasteiger partial charge in [0.1, 0.15) is 11.5 Å². The Morgan fingerprint density at radius 1 is 1.13 bits per heavy atom. The van der Waals surface area contributed by atoms with Gasteiger partial charge in [-0.25, -0.2) is 4.79 Å². The fraction of sp³-hybridized carbons (Fsp3) is 0.176. The van der Waals surface area contributed by atoms with Gasteiger partial charge in [0.15, 0.2) is 11.9 Å². The third-order valence-electron chi connectivity index (χ3n) is 3.01. The summed E-state index contributed by atoms with van der Waals surface area (Å²) < 4.78 is 11.5. The van der Waals surface area contributed by atoms with Crippen molar-refractivity contribution in [2.45, 2.75) is 20.0 Å². The number of Topliss-reactive ketones (excluding diaryl/α,β-unsaturated/α-hetero) is 1. The van der Waals surface area contributed by atoms with E-state index in [0.29, 0.717) is 16.3 Å². The number of benzene rings is 2. The Hall–Kier alpha value is -1.85. The molecular formula is C17H14BrClO4. The van der Waals surface area contributed by atoms with Crippen LogP contribution in [0.1, 0.15) is 24.2 Å². The predicted molar refractivity (Wildman–Crippen MR) is 91.3 cm³/mol. The van der Waals surface area contributed by atoms with Gasteiger partial charge >= 0.3 is 5.97 Å². The number of rotatable bonds is 5. The Kier molecular flexibility index (Phi) is 5.80. The lowest BCUT2D eigenvalue weighted by Crippen LogP contribution is -2.28. The molecule has 0 aliphatic carbocycles. The van der Waals surface area contributed by atoms with Gasteiger partial charge in [0.2, 0.25) is 0 Å². The van der Waals surface area contributed by atoms with Gasteiger partial charge in [-0.1, -0.05) is 27.5 Å². The van der Waals surface area contributed by atoms with E-state index in [1.807, 2.05) is 0 Å². The molecule has 120 valence electrons. The van der Waals surface area contributed by atoms with Crippen LogP contribution < -0.4 is 9.47 Å². The second kappa shape index (κ2) is 7.62. The summed E-state index contributed by atoms with van der Waals surface area (Å²) in [6.07, 6.45) is -0.821. The summed E-state index contributed by atoms with van der Waals surface area (Å²) in [6.45, 7) is 3.06. The van der Waals surface area contributed by atoms with Gasteiger partial charge in [-0.05, 0) is 56.3 Å². The van der Waals surface area contributed by atoms with E-state index in [0.717, 1.165) is 4.47 Å². The topological polar surface area (TPSA) is 52.6 Å². The first kappa shape index (κ1) is 17.5. The molecule has 0 aromatic heterocycles. The molecule has 0 heterocycles. The number of ether oxygens (including phenoxy) is 2. The molecule has 0 fully saturated rings. The highest BCUT2D eigenvalue weighted by Crippen LogP contribution is 2.28. The van der Waals surface area contributed by atoms with Gasteiger partial charge in [0.05, 0.1) is 5.02 Å². The summed E-state index contributed by atoms with van der Waals surface area (Å²) in [6, 6.07) is 11.5. The molecule has 23 heavy (non-hydrogen) atoms. The van der Waals surface area contributed by atoms with Crippen molar-refractivity contribution in [2.75, 3.05) is 0 Å². The highest BCUT2D eigenvalue weighted by atomic mass is 79.9. The highest BCUT2D eigenvalue weighted by molar-refractivity contribution is 9.10. The molecule has 2 aromatic rings. The van der Waals surface area contributed by atoms with E-state index >= 15 is 0 Å². The Bertz CT molecular complexity index is 728. The standard InChI is InChI=1S/C17H14BrClO4/c1-10(20)12-3-6-14(7-4-12)22-11(2)17(21)23-16-8-5-13(18)9-15(16)19/h3-9,11H,1-2H3/t11-/m1/s1. The average molecular weight is 398 g/mol. The summed E-state index contributed by atoms with van der Waals surface area (Å²) in [5, 5.41) is 0.325. The first-order valence-corrected chi connectivity index (χ1v) is 7.98. The van der Waals surface area contributed by atoms with Crippen LogP contribution in [0.25, 0.3) is 0 Å². The van der Waals surface area contributed by atoms with E-state index in [9.17, 15) is 9.59 Å². The van der Waals surface area contributed by atoms with E-state index in [-0.39, 0.29) is 11.5 Å². The third kappa shape index (κ3) is 4.81. The minimum absolute atomic E-state index is 0.0334. The normalized spacial score (nSPS) is 11.7. The third-order valence-corrected chi connectivity index (χ3v) is 3.80. The highest BCUT2D eigenvalue weighted by Gasteiger charge is 2.18. The molecule has 0 amide bonds. The smallest absolute Gasteiger partial charge is 0.352 e. The molecule has 0 unspecified atom stereocenters. The van der Waals surface area contributed by atoms with Crippen molar-refractivity contribution in [2.24, 2.45) is 0 Å². The maximum atomic E-state index is 12.1. The summed E-state index contributed by atoms with van der Waals surface area (Å²) in [4.78, 5) is 23.3. The monoisotopic (exact) mass is 396 g/mol. The van der Waals surface area contributed by atoms with Crippen LogP contribution in [0.15, 0.2) is 46.9 Å². The van der Waals surface area contributed by atoms with Crippen LogP contribution in [-0.4, -0.2) is 17.9 Å². The van der Waals surface area contributed by atoms with Crippen LogP contribution in [0, 0.1) is 0 Å². The van der Waals surface area contributed by atoms with Crippen LogP contribution >= 0.6 is 27.5 Å². The van der Waals surface area contributed by atoms with Crippen molar-refractivity contribution in [1.82, 2.24) is 0 Å². The largest absolute Gasteiger partial charge is 0.479 e. The van der Waals surface area contributed by atoms with Gasteiger partial charge in [-0.2, -0.15) is 0 Å². The number of halogens is 2. The first-order chi connectivity index (χ1) is 10.9. The van der Waals surface area contributed by atoms with Gasteiger partial charge < -0.3 is 9.47 Å². The molecule has 4 nitrogen and oxygen atoms in total. The van der Waals surface area contributed by atoms with Crippen LogP contribution in [0.2, 0.25) is 5.02 Å². The maximum Gasteiger partial charge on any atom is 0.352 e. The molecule has 1 atom stereocenters. The lowest BCUT2D eigenvalue weighted by atomic mass is 10.1. The van der Waals surface area contributed by atoms with Crippen molar-refractivity contribution in [3.05, 3.63) is 57.5 Å². The minimum atomic E-state index is -0.821. The van der Waals surface area contributed by atoms with Gasteiger partial charge in [-0.3, -0.25) is 4.79 Å². The van der Waals surface area contributed by atoms with Crippen LogP contribution in [0.4, 0.5) is 0 Å². The van der Waals surface area contributed by atoms with Crippen LogP contribution in [-0.2, 0) is 4.79 Å². The zero-order valence-electron chi connectivity index (χ0n) is 12.5. The Morgan fingerprint density at radius 2 is 1.78 bits per heavy atom. The van der Waals surface area contributed by atoms with Crippen molar-refractivity contribution in [1.29, 1.82) is 0 Å². The molecule has 0 aliphatic rings. The lowest BCUT2D eigenvalue weighted by molar-refractivity contribution is -0.141. The van der Waals surface area contributed by atoms with Crippen molar-refractivity contribution < 1.29 is 19.1 Å². The van der Waals surface area contributed by atoms with Crippen molar-refractivity contribution in [3.8, 4) is 11.5 Å². The number of carbonyl (C=O) groups excluding carboxylic acids is 2. The van der Waals surface area contributed by atoms with Gasteiger partial charge in [0, 0.05) is 10.0 Å². The molecule has 0 spiro atoms. The van der Waals surface area contributed by atoms with E-state index in [1.54, 1.807) is 49.4 Å². The molecule has 0 bridgehead atoms. The van der Waals surface area contributed by atoms with Crippen LogP contribution in [0.3, 0.4) is 0 Å². The summed E-state index contributed by atoms with van der Waals surface area (Å²) >= 11 is 9.28. The summed E-state index contributed by atoms with van der Waals surface area (Å²) in [5.74, 6) is 0.141. The number of hydrogen-bond donors (Lipinski definition) is 0. The van der Waals surface area contributed by atoms with Gasteiger partial charge in [-0.15, -0.1) is 0 Å². The van der Waals surface area contributed by atoms with E-state index in [4.69, 9.17) is 21.1 Å². The maximum absolute atomic E-state index is 12.1. The second-order valence-corrected chi connectivity index (χ2v) is 6.16. The van der Waals surface area contributed by atoms with Crippen LogP contribution in [0.5, 0.6) is 11.5 Å². The van der Waals surface area contributed by atoms with Gasteiger partial charge in [0.25, 0.3) is 0 Å². The first-order valence-electron chi connectivity index (χ1n) is 6.81. The van der Waals surface area contributed by atoms with E-state index in [2.05, 4.69) is 15.9 Å². The predicted octanol–water partition coefficient (Wildman–Crippen LogP) is 4.68. The molecular weight excluding hydrogens is 384 g/mol. The fourth-order valence-corrected chi connectivity index (χ4v) is 2.48. The summed E-state index contributed by atoms with van der Waals surface area (Å²) in [5.41, 5.74) is 0.578. The second-order valence-electron chi connectivity index (χ2n) is 4.84. The Morgan fingerprint density at radius 3 is 2.35 bits per heavy atom. The Labute approximate surface area is 147 Å². The fourth-order valence-electron chi connectivity index (χ4n) is 1.77. The zero-order chi connectivity index (χ0) is 17.0. The Balaban J connectivity index is 2.00. The summed E-state index contributed by atoms with van der Waals surface area (Å²) in [7, 11) is 0. The number of ketones is 1. The van der Waals surface area contributed by atoms with E-state index < -0.39 is 12.1 Å². The van der Waals surface area contributed by atoms with E-state index in [1.165, 1.54) is 6.92 Å². The van der Waals surface area contributed by atoms with Crippen molar-refractivity contribution >= 4 is 39.3 Å². The van der Waals surface area contributed by atoms with Crippen molar-refractivity contribution in [3.63, 3.8) is 0 Å². The molecule has 2 rings (SSSR count). The zero-order valence-corrected chi connectivity index (χ0v) is 14.8. The molecule has 0 saturated heterocycles. The molecule has 2 aromatic carbocycles. The molecule has 0 radical (unpaired) electrons. The molecule has 6 heteroatoms. The molecule has 0 N–H and O–H groups in total. The minimum Gasteiger partial charge on any atom is -0.479 e. The number of hydrogen-bond acceptors (Lipinski definition) is 4. The molecule has 0 saturated carbocycles. The quantitative estimate of drug-likeness (QED) is 0.418. The average Bonchev–Trinajstić information content (AvgIpc) is 2.50. The number of esters is 1.